The van der Waals surface area contributed by atoms with Gasteiger partial charge in [0.05, 0.1) is 24.5 Å². The minimum Gasteiger partial charge on any atom is -0.493 e. The number of nitro groups is 1. The molecule has 0 atom stereocenters. The number of nitrogens with zero attached hydrogens (tertiary/aromatic N) is 4. The lowest BCUT2D eigenvalue weighted by Gasteiger charge is -2.09. The van der Waals surface area contributed by atoms with Crippen LogP contribution >= 0.6 is 0 Å². The number of aromatic nitrogens is 2. The third-order valence-electron chi connectivity index (χ3n) is 3.65. The molecule has 1 amide bonds. The highest BCUT2D eigenvalue weighted by Gasteiger charge is 2.15. The van der Waals surface area contributed by atoms with Gasteiger partial charge in [-0.2, -0.15) is 10.2 Å². The highest BCUT2D eigenvalue weighted by Crippen LogP contribution is 2.28. The fourth-order valence-electron chi connectivity index (χ4n) is 2.29. The number of rotatable bonds is 8. The molecule has 0 aliphatic rings. The van der Waals surface area contributed by atoms with Gasteiger partial charge in [0.25, 0.3) is 5.91 Å². The van der Waals surface area contributed by atoms with Crippen molar-refractivity contribution < 1.29 is 28.4 Å². The van der Waals surface area contributed by atoms with Gasteiger partial charge in [-0.3, -0.25) is 19.6 Å². The van der Waals surface area contributed by atoms with Crippen molar-refractivity contribution in [2.45, 2.75) is 6.54 Å². The van der Waals surface area contributed by atoms with Crippen molar-refractivity contribution in [2.24, 2.45) is 5.10 Å². The second-order valence-corrected chi connectivity index (χ2v) is 5.72. The number of hydrazone groups is 1. The topological polar surface area (TPSA) is 151 Å². The van der Waals surface area contributed by atoms with Crippen LogP contribution in [0.3, 0.4) is 0 Å². The van der Waals surface area contributed by atoms with Crippen LogP contribution in [0.4, 0.5) is 5.69 Å². The Morgan fingerprint density at radius 1 is 1.37 bits per heavy atom. The minimum absolute atomic E-state index is 0.0490. The molecule has 3 rings (SSSR count). The summed E-state index contributed by atoms with van der Waals surface area (Å²) in [5.74, 6) is -0.701. The highest BCUT2D eigenvalue weighted by atomic mass is 16.6. The standard InChI is InChI=1S/C18H15N5O7/c1-28-16-7-12(4-5-14(16)30-18(25)15-3-2-6-29-15)8-19-21-17(24)11-22-10-13(9-20-22)23(26)27/h2-10H,11H2,1H3,(H,21,24)/b19-8+. The minimum atomic E-state index is -0.675. The number of nitrogens with one attached hydrogen (secondary N) is 1. The zero-order chi connectivity index (χ0) is 21.5. The molecule has 0 aliphatic carbocycles. The highest BCUT2D eigenvalue weighted by molar-refractivity contribution is 5.89. The van der Waals surface area contributed by atoms with E-state index in [-0.39, 0.29) is 29.5 Å². The van der Waals surface area contributed by atoms with E-state index in [1.807, 2.05) is 0 Å². The zero-order valence-electron chi connectivity index (χ0n) is 15.5. The summed E-state index contributed by atoms with van der Waals surface area (Å²) in [5, 5.41) is 18.1. The Kier molecular flexibility index (Phi) is 6.17. The predicted molar refractivity (Wildman–Crippen MR) is 101 cm³/mol. The lowest BCUT2D eigenvalue weighted by molar-refractivity contribution is -0.385. The number of ether oxygens (including phenoxy) is 2. The second kappa shape index (κ2) is 9.14. The molecule has 0 saturated carbocycles. The molecule has 2 heterocycles. The molecule has 0 unspecified atom stereocenters. The number of carbonyl (C=O) groups is 2. The van der Waals surface area contributed by atoms with Gasteiger partial charge in [-0.25, -0.2) is 10.2 Å². The number of furan rings is 1. The molecule has 154 valence electrons. The summed E-state index contributed by atoms with van der Waals surface area (Å²) in [6.45, 7) is -0.240. The van der Waals surface area contributed by atoms with Crippen molar-refractivity contribution in [3.05, 3.63) is 70.4 Å². The average Bonchev–Trinajstić information content (AvgIpc) is 3.41. The van der Waals surface area contributed by atoms with Gasteiger partial charge in [0.15, 0.2) is 11.5 Å². The van der Waals surface area contributed by atoms with E-state index in [4.69, 9.17) is 13.9 Å². The first kappa shape index (κ1) is 20.3. The van der Waals surface area contributed by atoms with Crippen LogP contribution in [0.15, 0.2) is 58.5 Å². The molecule has 2 aromatic heterocycles. The number of methoxy groups -OCH3 is 1. The second-order valence-electron chi connectivity index (χ2n) is 5.72. The van der Waals surface area contributed by atoms with Crippen LogP contribution in [0.5, 0.6) is 11.5 Å². The van der Waals surface area contributed by atoms with Crippen LogP contribution in [0.1, 0.15) is 16.1 Å². The summed E-state index contributed by atoms with van der Waals surface area (Å²) in [6, 6.07) is 7.69. The van der Waals surface area contributed by atoms with Gasteiger partial charge in [0.1, 0.15) is 18.9 Å². The molecule has 0 aliphatic heterocycles. The van der Waals surface area contributed by atoms with Crippen molar-refractivity contribution in [3.8, 4) is 11.5 Å². The maximum Gasteiger partial charge on any atom is 0.379 e. The lowest BCUT2D eigenvalue weighted by atomic mass is 10.2. The largest absolute Gasteiger partial charge is 0.493 e. The monoisotopic (exact) mass is 413 g/mol. The summed E-state index contributed by atoms with van der Waals surface area (Å²) in [7, 11) is 1.41. The van der Waals surface area contributed by atoms with E-state index in [1.165, 1.54) is 31.7 Å². The first-order valence-electron chi connectivity index (χ1n) is 8.38. The average molecular weight is 413 g/mol. The maximum atomic E-state index is 12.0. The number of hydrogen-bond donors (Lipinski definition) is 1. The van der Waals surface area contributed by atoms with Crippen LogP contribution in [-0.2, 0) is 11.3 Å². The van der Waals surface area contributed by atoms with Gasteiger partial charge in [-0.1, -0.05) is 0 Å². The Morgan fingerprint density at radius 3 is 2.87 bits per heavy atom. The molecule has 3 aromatic rings. The maximum absolute atomic E-state index is 12.0. The molecule has 1 N–H and O–H groups in total. The van der Waals surface area contributed by atoms with E-state index >= 15 is 0 Å². The van der Waals surface area contributed by atoms with Crippen molar-refractivity contribution in [2.75, 3.05) is 7.11 Å². The van der Waals surface area contributed by atoms with Crippen molar-refractivity contribution in [1.29, 1.82) is 0 Å². The van der Waals surface area contributed by atoms with Crippen LogP contribution in [0.2, 0.25) is 0 Å². The van der Waals surface area contributed by atoms with Crippen LogP contribution < -0.4 is 14.9 Å². The van der Waals surface area contributed by atoms with Crippen LogP contribution in [0.25, 0.3) is 0 Å². The van der Waals surface area contributed by atoms with E-state index in [0.717, 1.165) is 17.1 Å². The zero-order valence-corrected chi connectivity index (χ0v) is 15.5. The number of benzene rings is 1. The van der Waals surface area contributed by atoms with Gasteiger partial charge in [-0.05, 0) is 35.9 Å². The molecule has 0 saturated heterocycles. The van der Waals surface area contributed by atoms with E-state index in [9.17, 15) is 19.7 Å². The Balaban J connectivity index is 1.59. The summed E-state index contributed by atoms with van der Waals surface area (Å²) < 4.78 is 16.5. The smallest absolute Gasteiger partial charge is 0.379 e. The quantitative estimate of drug-likeness (QED) is 0.193. The van der Waals surface area contributed by atoms with E-state index in [0.29, 0.717) is 5.56 Å². The number of hydrogen-bond acceptors (Lipinski definition) is 9. The first-order valence-corrected chi connectivity index (χ1v) is 8.38. The van der Waals surface area contributed by atoms with Gasteiger partial charge >= 0.3 is 11.7 Å². The number of carbonyl (C=O) groups excluding carboxylic acids is 2. The van der Waals surface area contributed by atoms with E-state index in [2.05, 4.69) is 15.6 Å². The summed E-state index contributed by atoms with van der Waals surface area (Å²) >= 11 is 0. The molecule has 0 radical (unpaired) electrons. The molecule has 12 heteroatoms. The summed E-state index contributed by atoms with van der Waals surface area (Å²) in [4.78, 5) is 33.8. The predicted octanol–water partition coefficient (Wildman–Crippen LogP) is 1.76. The Bertz CT molecular complexity index is 1090. The third-order valence-corrected chi connectivity index (χ3v) is 3.65. The Morgan fingerprint density at radius 2 is 2.20 bits per heavy atom. The Labute approximate surface area is 168 Å². The fourth-order valence-corrected chi connectivity index (χ4v) is 2.29. The normalized spacial score (nSPS) is 10.7. The SMILES string of the molecule is COc1cc(/C=N/NC(=O)Cn2cc([N+](=O)[O-])cn2)ccc1OC(=O)c1ccco1. The van der Waals surface area contributed by atoms with Gasteiger partial charge in [-0.15, -0.1) is 0 Å². The molecule has 12 nitrogen and oxygen atoms in total. The van der Waals surface area contributed by atoms with Crippen LogP contribution in [0, 0.1) is 10.1 Å². The van der Waals surface area contributed by atoms with Gasteiger partial charge in [0, 0.05) is 0 Å². The van der Waals surface area contributed by atoms with E-state index < -0.39 is 16.8 Å². The Hall–Kier alpha value is -4.48. The summed E-state index contributed by atoms with van der Waals surface area (Å²) in [5.41, 5.74) is 2.62. The molecular formula is C18H15N5O7. The van der Waals surface area contributed by atoms with Gasteiger partial charge < -0.3 is 13.9 Å². The molecular weight excluding hydrogens is 398 g/mol. The molecule has 0 fully saturated rings. The number of esters is 1. The fraction of sp³-hybridized carbons (Fsp3) is 0.111. The van der Waals surface area contributed by atoms with Crippen LogP contribution in [-0.4, -0.2) is 39.9 Å². The van der Waals surface area contributed by atoms with Crippen molar-refractivity contribution >= 4 is 23.8 Å². The number of amides is 1. The van der Waals surface area contributed by atoms with Gasteiger partial charge in [0.2, 0.25) is 5.76 Å². The lowest BCUT2D eigenvalue weighted by Crippen LogP contribution is -2.23. The summed E-state index contributed by atoms with van der Waals surface area (Å²) in [6.07, 6.45) is 4.89. The molecule has 0 spiro atoms. The third kappa shape index (κ3) is 5.07. The van der Waals surface area contributed by atoms with Crippen molar-refractivity contribution in [3.63, 3.8) is 0 Å². The first-order chi connectivity index (χ1) is 14.5. The van der Waals surface area contributed by atoms with E-state index in [1.54, 1.807) is 18.2 Å². The van der Waals surface area contributed by atoms with Crippen molar-refractivity contribution in [1.82, 2.24) is 15.2 Å². The molecule has 1 aromatic carbocycles. The molecule has 0 bridgehead atoms. The molecule has 30 heavy (non-hydrogen) atoms.